The summed E-state index contributed by atoms with van der Waals surface area (Å²) >= 11 is 5.99. The van der Waals surface area contributed by atoms with E-state index in [-0.39, 0.29) is 28.9 Å². The Labute approximate surface area is 152 Å². The molecule has 3 aliphatic rings. The van der Waals surface area contributed by atoms with Crippen molar-refractivity contribution >= 4 is 23.6 Å². The summed E-state index contributed by atoms with van der Waals surface area (Å²) in [5.74, 6) is 0.242. The smallest absolute Gasteiger partial charge is 0.407 e. The molecule has 0 unspecified atom stereocenters. The molecule has 25 heavy (non-hydrogen) atoms. The average Bonchev–Trinajstić information content (AvgIpc) is 2.96. The van der Waals surface area contributed by atoms with E-state index in [1.807, 2.05) is 17.0 Å². The Morgan fingerprint density at radius 1 is 1.24 bits per heavy atom. The number of hydrogen-bond acceptors (Lipinski definition) is 3. The molecule has 0 bridgehead atoms. The molecule has 5 nitrogen and oxygen atoms in total. The number of ether oxygens (including phenoxy) is 1. The first kappa shape index (κ1) is 16.7. The molecule has 1 saturated carbocycles. The van der Waals surface area contributed by atoms with Crippen molar-refractivity contribution < 1.29 is 14.3 Å². The predicted molar refractivity (Wildman–Crippen MR) is 94.6 cm³/mol. The molecule has 2 amide bonds. The molecule has 6 heteroatoms. The maximum absolute atomic E-state index is 12.7. The molecule has 134 valence electrons. The number of alkyl carbamates (subject to hydrolysis) is 1. The third-order valence-corrected chi connectivity index (χ3v) is 6.44. The normalized spacial score (nSPS) is 30.6. The van der Waals surface area contributed by atoms with Crippen LogP contribution in [0.1, 0.15) is 38.2 Å². The van der Waals surface area contributed by atoms with Crippen molar-refractivity contribution in [3.05, 3.63) is 34.9 Å². The Kier molecular flexibility index (Phi) is 3.95. The van der Waals surface area contributed by atoms with Crippen LogP contribution in [0, 0.1) is 5.92 Å². The van der Waals surface area contributed by atoms with Crippen molar-refractivity contribution in [2.75, 3.05) is 19.7 Å². The molecule has 3 fully saturated rings. The van der Waals surface area contributed by atoms with E-state index in [1.54, 1.807) is 0 Å². The lowest BCUT2D eigenvalue weighted by Gasteiger charge is -2.46. The largest absolute Gasteiger partial charge is 0.447 e. The molecule has 2 aliphatic heterocycles. The molecule has 1 spiro atoms. The minimum Gasteiger partial charge on any atom is -0.447 e. The molecular weight excluding hydrogens is 340 g/mol. The Bertz CT molecular complexity index is 689. The molecule has 1 N–H and O–H groups in total. The van der Waals surface area contributed by atoms with Crippen molar-refractivity contribution in [3.63, 3.8) is 0 Å². The first-order valence-corrected chi connectivity index (χ1v) is 9.27. The second kappa shape index (κ2) is 5.90. The lowest BCUT2D eigenvalue weighted by atomic mass is 9.68. The van der Waals surface area contributed by atoms with Crippen LogP contribution in [0.3, 0.4) is 0 Å². The van der Waals surface area contributed by atoms with E-state index in [0.29, 0.717) is 19.4 Å². The van der Waals surface area contributed by atoms with E-state index < -0.39 is 0 Å². The van der Waals surface area contributed by atoms with Crippen molar-refractivity contribution in [3.8, 4) is 0 Å². The second-order valence-electron chi connectivity index (χ2n) is 7.98. The maximum Gasteiger partial charge on any atom is 0.407 e. The predicted octanol–water partition coefficient (Wildman–Crippen LogP) is 3.11. The Hall–Kier alpha value is -1.75. The number of carbonyl (C=O) groups is 2. The number of benzene rings is 1. The van der Waals surface area contributed by atoms with E-state index in [9.17, 15) is 9.59 Å². The third-order valence-electron chi connectivity index (χ3n) is 6.19. The number of hydrogen-bond donors (Lipinski definition) is 1. The van der Waals surface area contributed by atoms with Crippen LogP contribution >= 0.6 is 11.6 Å². The van der Waals surface area contributed by atoms with Gasteiger partial charge < -0.3 is 15.0 Å². The third kappa shape index (κ3) is 2.99. The topological polar surface area (TPSA) is 58.6 Å². The van der Waals surface area contributed by atoms with Crippen LogP contribution in [0.2, 0.25) is 5.02 Å². The van der Waals surface area contributed by atoms with E-state index in [2.05, 4.69) is 24.4 Å². The van der Waals surface area contributed by atoms with Crippen LogP contribution in [-0.4, -0.2) is 42.1 Å². The first-order valence-electron chi connectivity index (χ1n) is 8.89. The van der Waals surface area contributed by atoms with Gasteiger partial charge in [0.05, 0.1) is 5.54 Å². The number of cyclic esters (lactones) is 1. The summed E-state index contributed by atoms with van der Waals surface area (Å²) in [6.45, 7) is 4.22. The zero-order valence-corrected chi connectivity index (χ0v) is 15.1. The van der Waals surface area contributed by atoms with Gasteiger partial charge in [0.2, 0.25) is 5.91 Å². The van der Waals surface area contributed by atoms with E-state index in [4.69, 9.17) is 16.3 Å². The minimum atomic E-state index is -0.359. The van der Waals surface area contributed by atoms with Gasteiger partial charge in [0, 0.05) is 24.0 Å². The zero-order valence-electron chi connectivity index (χ0n) is 14.4. The molecule has 1 aliphatic carbocycles. The van der Waals surface area contributed by atoms with Gasteiger partial charge in [-0.05, 0) is 48.8 Å². The Morgan fingerprint density at radius 2 is 1.88 bits per heavy atom. The lowest BCUT2D eigenvalue weighted by Crippen LogP contribution is -2.59. The van der Waals surface area contributed by atoms with Crippen LogP contribution < -0.4 is 5.32 Å². The van der Waals surface area contributed by atoms with Crippen LogP contribution in [0.5, 0.6) is 0 Å². The summed E-state index contributed by atoms with van der Waals surface area (Å²) in [6.07, 6.45) is 2.95. The summed E-state index contributed by atoms with van der Waals surface area (Å²) in [5, 5.41) is 3.60. The number of halogens is 1. The highest BCUT2D eigenvalue weighted by Crippen LogP contribution is 2.43. The van der Waals surface area contributed by atoms with Crippen molar-refractivity contribution in [2.24, 2.45) is 5.92 Å². The highest BCUT2D eigenvalue weighted by Gasteiger charge is 2.53. The van der Waals surface area contributed by atoms with Crippen LogP contribution in [0.25, 0.3) is 0 Å². The number of nitrogens with zero attached hydrogens (tertiary/aromatic N) is 1. The van der Waals surface area contributed by atoms with Gasteiger partial charge in [-0.2, -0.15) is 0 Å². The van der Waals surface area contributed by atoms with Gasteiger partial charge >= 0.3 is 6.09 Å². The first-order chi connectivity index (χ1) is 11.9. The summed E-state index contributed by atoms with van der Waals surface area (Å²) in [5.41, 5.74) is 1.10. The lowest BCUT2D eigenvalue weighted by molar-refractivity contribution is -0.142. The van der Waals surface area contributed by atoms with Crippen molar-refractivity contribution in [2.45, 2.75) is 43.6 Å². The SMILES string of the molecule is CC1(c2ccc(Cl)cc2)CCN(C(=O)C2CC3(COC(=O)N3)C2)CC1. The minimum absolute atomic E-state index is 0.0156. The molecule has 2 saturated heterocycles. The molecular formula is C19H23ClN2O3. The number of piperidine rings is 1. The molecule has 0 radical (unpaired) electrons. The summed E-state index contributed by atoms with van der Waals surface area (Å²) in [4.78, 5) is 26.0. The summed E-state index contributed by atoms with van der Waals surface area (Å²) in [6, 6.07) is 8.06. The van der Waals surface area contributed by atoms with E-state index in [0.717, 1.165) is 31.0 Å². The van der Waals surface area contributed by atoms with E-state index >= 15 is 0 Å². The fourth-order valence-corrected chi connectivity index (χ4v) is 4.52. The molecule has 1 aromatic carbocycles. The standard InChI is InChI=1S/C19H23ClN2O3/c1-18(14-2-4-15(20)5-3-14)6-8-22(9-7-18)16(23)13-10-19(11-13)12-25-17(24)21-19/h2-5,13H,6-12H2,1H3,(H,21,24). The van der Waals surface area contributed by atoms with Crippen molar-refractivity contribution in [1.29, 1.82) is 0 Å². The molecule has 0 atom stereocenters. The number of carbonyl (C=O) groups excluding carboxylic acids is 2. The highest BCUT2D eigenvalue weighted by atomic mass is 35.5. The van der Waals surface area contributed by atoms with Gasteiger partial charge in [-0.15, -0.1) is 0 Å². The molecule has 1 aromatic rings. The molecule has 4 rings (SSSR count). The number of amides is 2. The van der Waals surface area contributed by atoms with Crippen LogP contribution in [-0.2, 0) is 14.9 Å². The van der Waals surface area contributed by atoms with Gasteiger partial charge in [0.25, 0.3) is 0 Å². The maximum atomic E-state index is 12.7. The van der Waals surface area contributed by atoms with Gasteiger partial charge in [-0.1, -0.05) is 30.7 Å². The Balaban J connectivity index is 1.34. The zero-order chi connectivity index (χ0) is 17.7. The quantitative estimate of drug-likeness (QED) is 0.879. The number of likely N-dealkylation sites (tertiary alicyclic amines) is 1. The van der Waals surface area contributed by atoms with Crippen molar-refractivity contribution in [1.82, 2.24) is 10.2 Å². The number of rotatable bonds is 2. The summed E-state index contributed by atoms with van der Waals surface area (Å²) < 4.78 is 4.98. The fraction of sp³-hybridized carbons (Fsp3) is 0.579. The van der Waals surface area contributed by atoms with Gasteiger partial charge in [-0.3, -0.25) is 4.79 Å². The number of nitrogens with one attached hydrogen (secondary N) is 1. The molecule has 2 heterocycles. The second-order valence-corrected chi connectivity index (χ2v) is 8.42. The summed E-state index contributed by atoms with van der Waals surface area (Å²) in [7, 11) is 0. The highest BCUT2D eigenvalue weighted by molar-refractivity contribution is 6.30. The molecule has 0 aromatic heterocycles. The van der Waals surface area contributed by atoms with E-state index in [1.165, 1.54) is 5.56 Å². The fourth-order valence-electron chi connectivity index (χ4n) is 4.39. The van der Waals surface area contributed by atoms with Gasteiger partial charge in [-0.25, -0.2) is 4.79 Å². The van der Waals surface area contributed by atoms with Crippen LogP contribution in [0.15, 0.2) is 24.3 Å². The average molecular weight is 363 g/mol. The van der Waals surface area contributed by atoms with Gasteiger partial charge in [0.1, 0.15) is 6.61 Å². The Morgan fingerprint density at radius 3 is 2.44 bits per heavy atom. The monoisotopic (exact) mass is 362 g/mol. The van der Waals surface area contributed by atoms with Gasteiger partial charge in [0.15, 0.2) is 0 Å². The van der Waals surface area contributed by atoms with Crippen LogP contribution in [0.4, 0.5) is 4.79 Å².